The highest BCUT2D eigenvalue weighted by molar-refractivity contribution is 7.19. The highest BCUT2D eigenvalue weighted by atomic mass is 32.1. The Balaban J connectivity index is 2.09. The molecule has 0 N–H and O–H groups in total. The van der Waals surface area contributed by atoms with Crippen LogP contribution in [0.4, 0.5) is 0 Å². The minimum Gasteiger partial charge on any atom is -0.140 e. The van der Waals surface area contributed by atoms with Crippen molar-refractivity contribution in [3.05, 3.63) is 34.7 Å². The maximum Gasteiger partial charge on any atom is 0.0348 e. The zero-order valence-corrected chi connectivity index (χ0v) is 11.1. The van der Waals surface area contributed by atoms with E-state index in [1.165, 1.54) is 47.8 Å². The first-order valence-corrected chi connectivity index (χ1v) is 7.11. The quantitative estimate of drug-likeness (QED) is 0.611. The van der Waals surface area contributed by atoms with Gasteiger partial charge in [-0.15, -0.1) is 11.3 Å². The van der Waals surface area contributed by atoms with Gasteiger partial charge in [0.1, 0.15) is 0 Å². The number of aryl methyl sites for hydroxylation is 2. The molecule has 2 rings (SSSR count). The molecule has 1 aromatic carbocycles. The minimum atomic E-state index is 1.27. The van der Waals surface area contributed by atoms with Crippen LogP contribution in [-0.4, -0.2) is 0 Å². The first-order valence-electron chi connectivity index (χ1n) is 6.30. The largest absolute Gasteiger partial charge is 0.140 e. The van der Waals surface area contributed by atoms with Crippen molar-refractivity contribution in [1.29, 1.82) is 0 Å². The van der Waals surface area contributed by atoms with Gasteiger partial charge >= 0.3 is 0 Å². The fourth-order valence-corrected chi connectivity index (χ4v) is 3.43. The van der Waals surface area contributed by atoms with Crippen molar-refractivity contribution in [2.75, 3.05) is 0 Å². The lowest BCUT2D eigenvalue weighted by Gasteiger charge is -1.99. The van der Waals surface area contributed by atoms with Gasteiger partial charge in [-0.05, 0) is 36.8 Å². The standard InChI is InChI=1S/C15H20S/c1-3-4-5-6-10-14-12(2)13-9-7-8-11-15(13)16-14/h7-9,11H,3-6,10H2,1-2H3. The highest BCUT2D eigenvalue weighted by Gasteiger charge is 2.06. The van der Waals surface area contributed by atoms with Crippen molar-refractivity contribution in [3.63, 3.8) is 0 Å². The van der Waals surface area contributed by atoms with Crippen LogP contribution in [-0.2, 0) is 6.42 Å². The molecule has 0 bridgehead atoms. The van der Waals surface area contributed by atoms with Gasteiger partial charge in [-0.1, -0.05) is 44.4 Å². The zero-order valence-electron chi connectivity index (χ0n) is 10.3. The summed E-state index contributed by atoms with van der Waals surface area (Å²) >= 11 is 1.98. The second-order valence-electron chi connectivity index (χ2n) is 4.46. The Bertz CT molecular complexity index is 453. The molecule has 86 valence electrons. The second kappa shape index (κ2) is 5.49. The molecule has 0 aliphatic rings. The highest BCUT2D eigenvalue weighted by Crippen LogP contribution is 2.31. The van der Waals surface area contributed by atoms with E-state index in [0.29, 0.717) is 0 Å². The van der Waals surface area contributed by atoms with Crippen LogP contribution in [0.2, 0.25) is 0 Å². The van der Waals surface area contributed by atoms with Crippen molar-refractivity contribution < 1.29 is 0 Å². The van der Waals surface area contributed by atoms with Crippen LogP contribution in [0, 0.1) is 6.92 Å². The third-order valence-electron chi connectivity index (χ3n) is 3.20. The van der Waals surface area contributed by atoms with E-state index in [1.807, 2.05) is 11.3 Å². The van der Waals surface area contributed by atoms with Gasteiger partial charge < -0.3 is 0 Å². The van der Waals surface area contributed by atoms with Gasteiger partial charge in [-0.3, -0.25) is 0 Å². The lowest BCUT2D eigenvalue weighted by atomic mass is 10.1. The molecule has 1 heteroatoms. The second-order valence-corrected chi connectivity index (χ2v) is 5.59. The predicted molar refractivity (Wildman–Crippen MR) is 74.4 cm³/mol. The molecule has 0 spiro atoms. The number of unbranched alkanes of at least 4 members (excludes halogenated alkanes) is 3. The van der Waals surface area contributed by atoms with Gasteiger partial charge in [0.2, 0.25) is 0 Å². The molecule has 0 atom stereocenters. The molecular weight excluding hydrogens is 212 g/mol. The van der Waals surface area contributed by atoms with E-state index in [9.17, 15) is 0 Å². The number of benzene rings is 1. The maximum atomic E-state index is 2.27. The summed E-state index contributed by atoms with van der Waals surface area (Å²) in [5, 5.41) is 1.46. The number of rotatable bonds is 5. The Kier molecular flexibility index (Phi) is 4.00. The summed E-state index contributed by atoms with van der Waals surface area (Å²) < 4.78 is 1.45. The number of hydrogen-bond donors (Lipinski definition) is 0. The molecule has 2 aromatic rings. The number of hydrogen-bond acceptors (Lipinski definition) is 1. The summed E-state index contributed by atoms with van der Waals surface area (Å²) in [5.41, 5.74) is 1.51. The van der Waals surface area contributed by atoms with E-state index >= 15 is 0 Å². The summed E-state index contributed by atoms with van der Waals surface area (Å²) in [4.78, 5) is 1.59. The van der Waals surface area contributed by atoms with Crippen LogP contribution in [0.5, 0.6) is 0 Å². The molecule has 0 nitrogen and oxygen atoms in total. The predicted octanol–water partition coefficient (Wildman–Crippen LogP) is 5.33. The number of fused-ring (bicyclic) bond motifs is 1. The van der Waals surface area contributed by atoms with Crippen LogP contribution in [0.25, 0.3) is 10.1 Å². The molecular formula is C15H20S. The summed E-state index contributed by atoms with van der Waals surface area (Å²) in [7, 11) is 0. The summed E-state index contributed by atoms with van der Waals surface area (Å²) in [6, 6.07) is 8.77. The summed E-state index contributed by atoms with van der Waals surface area (Å²) in [6.45, 7) is 4.54. The van der Waals surface area contributed by atoms with E-state index in [2.05, 4.69) is 38.1 Å². The smallest absolute Gasteiger partial charge is 0.0348 e. The Hall–Kier alpha value is -0.820. The van der Waals surface area contributed by atoms with Crippen molar-refractivity contribution in [2.45, 2.75) is 46.0 Å². The third kappa shape index (κ3) is 2.46. The van der Waals surface area contributed by atoms with Gasteiger partial charge in [0.05, 0.1) is 0 Å². The molecule has 1 heterocycles. The van der Waals surface area contributed by atoms with Crippen LogP contribution in [0.1, 0.15) is 43.0 Å². The zero-order chi connectivity index (χ0) is 11.4. The average molecular weight is 232 g/mol. The first-order chi connectivity index (χ1) is 7.83. The van der Waals surface area contributed by atoms with Crippen molar-refractivity contribution in [2.24, 2.45) is 0 Å². The molecule has 0 saturated carbocycles. The van der Waals surface area contributed by atoms with E-state index in [-0.39, 0.29) is 0 Å². The molecule has 0 fully saturated rings. The maximum absolute atomic E-state index is 2.27. The van der Waals surface area contributed by atoms with Crippen LogP contribution in [0.15, 0.2) is 24.3 Å². The average Bonchev–Trinajstić information content (AvgIpc) is 2.63. The molecule has 0 aliphatic carbocycles. The van der Waals surface area contributed by atoms with Gasteiger partial charge in [-0.25, -0.2) is 0 Å². The van der Waals surface area contributed by atoms with Gasteiger partial charge in [-0.2, -0.15) is 0 Å². The Morgan fingerprint density at radius 2 is 1.88 bits per heavy atom. The molecule has 0 radical (unpaired) electrons. The van der Waals surface area contributed by atoms with Crippen molar-refractivity contribution in [1.82, 2.24) is 0 Å². The van der Waals surface area contributed by atoms with Crippen LogP contribution in [0.3, 0.4) is 0 Å². The first kappa shape index (κ1) is 11.7. The number of thiophene rings is 1. The van der Waals surface area contributed by atoms with E-state index in [0.717, 1.165) is 0 Å². The lowest BCUT2D eigenvalue weighted by Crippen LogP contribution is -1.84. The Morgan fingerprint density at radius 3 is 2.62 bits per heavy atom. The summed E-state index contributed by atoms with van der Waals surface area (Å²) in [5.74, 6) is 0. The van der Waals surface area contributed by atoms with Crippen LogP contribution >= 0.6 is 11.3 Å². The normalized spacial score (nSPS) is 11.1. The Labute approximate surface area is 102 Å². The molecule has 0 amide bonds. The van der Waals surface area contributed by atoms with E-state index in [1.54, 1.807) is 4.88 Å². The van der Waals surface area contributed by atoms with Gasteiger partial charge in [0.15, 0.2) is 0 Å². The fourth-order valence-electron chi connectivity index (χ4n) is 2.18. The van der Waals surface area contributed by atoms with Gasteiger partial charge in [0.25, 0.3) is 0 Å². The van der Waals surface area contributed by atoms with Crippen molar-refractivity contribution in [3.8, 4) is 0 Å². The van der Waals surface area contributed by atoms with Crippen molar-refractivity contribution >= 4 is 21.4 Å². The molecule has 1 aromatic heterocycles. The summed E-state index contributed by atoms with van der Waals surface area (Å²) in [6.07, 6.45) is 6.70. The van der Waals surface area contributed by atoms with E-state index in [4.69, 9.17) is 0 Å². The minimum absolute atomic E-state index is 1.27. The third-order valence-corrected chi connectivity index (χ3v) is 4.53. The molecule has 0 aliphatic heterocycles. The monoisotopic (exact) mass is 232 g/mol. The molecule has 16 heavy (non-hydrogen) atoms. The molecule has 0 saturated heterocycles. The SMILES string of the molecule is CCCCCCc1sc2ccccc2c1C. The topological polar surface area (TPSA) is 0 Å². The molecule has 0 unspecified atom stereocenters. The van der Waals surface area contributed by atoms with E-state index < -0.39 is 0 Å². The lowest BCUT2D eigenvalue weighted by molar-refractivity contribution is 0.669. The Morgan fingerprint density at radius 1 is 1.06 bits per heavy atom. The fraction of sp³-hybridized carbons (Fsp3) is 0.467. The van der Waals surface area contributed by atoms with Gasteiger partial charge in [0, 0.05) is 9.58 Å². The van der Waals surface area contributed by atoms with Crippen LogP contribution < -0.4 is 0 Å².